The smallest absolute Gasteiger partial charge is 0.252 e. The Hall–Kier alpha value is -2.51. The maximum atomic E-state index is 13.5. The summed E-state index contributed by atoms with van der Waals surface area (Å²) in [5, 5.41) is 0. The van der Waals surface area contributed by atoms with Gasteiger partial charge in [0.05, 0.1) is 17.0 Å². The van der Waals surface area contributed by atoms with Crippen LogP contribution in [-0.4, -0.2) is 36.1 Å². The number of aryl methyl sites for hydroxylation is 1. The summed E-state index contributed by atoms with van der Waals surface area (Å²) in [7, 11) is -3.99. The maximum absolute atomic E-state index is 13.5. The van der Waals surface area contributed by atoms with Crippen molar-refractivity contribution in [3.05, 3.63) is 60.2 Å². The first kappa shape index (κ1) is 21.2. The fourth-order valence-electron chi connectivity index (χ4n) is 3.54. The summed E-state index contributed by atoms with van der Waals surface area (Å²) >= 11 is 0. The first-order valence-corrected chi connectivity index (χ1v) is 11.1. The average Bonchev–Trinajstić information content (AvgIpc) is 2.97. The second-order valence-corrected chi connectivity index (χ2v) is 9.72. The van der Waals surface area contributed by atoms with E-state index in [-0.39, 0.29) is 11.3 Å². The standard InChI is InChI=1S/C22H26N2O4S/c1-5-22(3,4)24(29(27,28)18-9-7-6-8-10-18)19-15-20(25)23(21(19)26)17-13-11-16(2)12-14-17/h6-14,19H,5,15H2,1-4H3. The van der Waals surface area contributed by atoms with E-state index in [0.717, 1.165) is 10.5 Å². The molecule has 1 saturated heterocycles. The molecule has 1 aliphatic heterocycles. The van der Waals surface area contributed by atoms with Gasteiger partial charge in [0.2, 0.25) is 15.9 Å². The van der Waals surface area contributed by atoms with Crippen LogP contribution < -0.4 is 4.90 Å². The van der Waals surface area contributed by atoms with Gasteiger partial charge >= 0.3 is 0 Å². The number of nitrogens with zero attached hydrogens (tertiary/aromatic N) is 2. The van der Waals surface area contributed by atoms with E-state index < -0.39 is 33.4 Å². The van der Waals surface area contributed by atoms with Crippen molar-refractivity contribution in [3.63, 3.8) is 0 Å². The van der Waals surface area contributed by atoms with Gasteiger partial charge in [-0.15, -0.1) is 0 Å². The lowest BCUT2D eigenvalue weighted by Crippen LogP contribution is -2.55. The third kappa shape index (κ3) is 3.84. The summed E-state index contributed by atoms with van der Waals surface area (Å²) in [4.78, 5) is 27.2. The highest BCUT2D eigenvalue weighted by molar-refractivity contribution is 7.89. The molecule has 29 heavy (non-hydrogen) atoms. The Kier molecular flexibility index (Phi) is 5.65. The van der Waals surface area contributed by atoms with Crippen molar-refractivity contribution in [1.29, 1.82) is 0 Å². The molecule has 1 unspecified atom stereocenters. The van der Waals surface area contributed by atoms with E-state index in [0.29, 0.717) is 12.1 Å². The van der Waals surface area contributed by atoms with Gasteiger partial charge in [-0.1, -0.05) is 42.8 Å². The predicted molar refractivity (Wildman–Crippen MR) is 112 cm³/mol. The number of sulfonamides is 1. The molecule has 0 spiro atoms. The molecule has 154 valence electrons. The summed E-state index contributed by atoms with van der Waals surface area (Å²) in [5.74, 6) is -0.913. The lowest BCUT2D eigenvalue weighted by atomic mass is 10.00. The Balaban J connectivity index is 2.07. The van der Waals surface area contributed by atoms with E-state index in [9.17, 15) is 18.0 Å². The molecule has 0 radical (unpaired) electrons. The van der Waals surface area contributed by atoms with Gasteiger partial charge in [-0.2, -0.15) is 4.31 Å². The number of imide groups is 1. The number of carbonyl (C=O) groups is 2. The van der Waals surface area contributed by atoms with E-state index >= 15 is 0 Å². The lowest BCUT2D eigenvalue weighted by molar-refractivity contribution is -0.122. The summed E-state index contributed by atoms with van der Waals surface area (Å²) in [6.45, 7) is 7.34. The molecule has 0 bridgehead atoms. The number of carbonyl (C=O) groups excluding carboxylic acids is 2. The van der Waals surface area contributed by atoms with Crippen molar-refractivity contribution in [1.82, 2.24) is 4.31 Å². The van der Waals surface area contributed by atoms with Crippen LogP contribution in [-0.2, 0) is 19.6 Å². The zero-order valence-corrected chi connectivity index (χ0v) is 17.9. The Labute approximate surface area is 172 Å². The lowest BCUT2D eigenvalue weighted by Gasteiger charge is -2.39. The Bertz CT molecular complexity index is 1010. The molecule has 6 nitrogen and oxygen atoms in total. The zero-order valence-electron chi connectivity index (χ0n) is 17.1. The van der Waals surface area contributed by atoms with Gasteiger partial charge in [-0.25, -0.2) is 13.3 Å². The molecular weight excluding hydrogens is 388 g/mol. The molecule has 2 aromatic carbocycles. The first-order valence-electron chi connectivity index (χ1n) is 9.62. The van der Waals surface area contributed by atoms with Crippen LogP contribution in [0.15, 0.2) is 59.5 Å². The largest absolute Gasteiger partial charge is 0.274 e. The van der Waals surface area contributed by atoms with Crippen molar-refractivity contribution < 1.29 is 18.0 Å². The van der Waals surface area contributed by atoms with E-state index in [1.54, 1.807) is 44.2 Å². The third-order valence-corrected chi connectivity index (χ3v) is 7.59. The van der Waals surface area contributed by atoms with Crippen molar-refractivity contribution in [2.24, 2.45) is 0 Å². The Morgan fingerprint density at radius 1 is 1.03 bits per heavy atom. The normalized spacial score (nSPS) is 18.0. The van der Waals surface area contributed by atoms with Crippen LogP contribution in [0.3, 0.4) is 0 Å². The second kappa shape index (κ2) is 7.72. The predicted octanol–water partition coefficient (Wildman–Crippen LogP) is 3.51. The molecule has 0 aliphatic carbocycles. The molecule has 1 aliphatic rings. The first-order chi connectivity index (χ1) is 13.6. The highest BCUT2D eigenvalue weighted by Crippen LogP contribution is 2.35. The molecule has 2 amide bonds. The fraction of sp³-hybridized carbons (Fsp3) is 0.364. The Morgan fingerprint density at radius 2 is 1.62 bits per heavy atom. The molecule has 1 atom stereocenters. The van der Waals surface area contributed by atoms with Crippen LogP contribution in [0.4, 0.5) is 5.69 Å². The molecule has 0 N–H and O–H groups in total. The van der Waals surface area contributed by atoms with E-state index in [1.807, 2.05) is 26.0 Å². The molecule has 2 aromatic rings. The van der Waals surface area contributed by atoms with Gasteiger partial charge in [0.25, 0.3) is 5.91 Å². The maximum Gasteiger partial charge on any atom is 0.252 e. The average molecular weight is 415 g/mol. The van der Waals surface area contributed by atoms with Crippen molar-refractivity contribution in [2.75, 3.05) is 4.90 Å². The van der Waals surface area contributed by atoms with Crippen molar-refractivity contribution in [3.8, 4) is 0 Å². The van der Waals surface area contributed by atoms with Crippen molar-refractivity contribution in [2.45, 2.75) is 57.0 Å². The van der Waals surface area contributed by atoms with E-state index in [2.05, 4.69) is 0 Å². The number of benzene rings is 2. The minimum atomic E-state index is -3.99. The van der Waals surface area contributed by atoms with Crippen LogP contribution in [0.1, 0.15) is 39.2 Å². The summed E-state index contributed by atoms with van der Waals surface area (Å²) in [5.41, 5.74) is 0.614. The number of hydrogen-bond acceptors (Lipinski definition) is 4. The minimum Gasteiger partial charge on any atom is -0.274 e. The minimum absolute atomic E-state index is 0.107. The van der Waals surface area contributed by atoms with Crippen LogP contribution in [0, 0.1) is 6.92 Å². The summed E-state index contributed by atoms with van der Waals surface area (Å²) in [6.07, 6.45) is 0.309. The van der Waals surface area contributed by atoms with Crippen LogP contribution in [0.2, 0.25) is 0 Å². The van der Waals surface area contributed by atoms with Crippen molar-refractivity contribution >= 4 is 27.5 Å². The second-order valence-electron chi connectivity index (χ2n) is 7.90. The third-order valence-electron chi connectivity index (χ3n) is 5.46. The molecule has 1 fully saturated rings. The van der Waals surface area contributed by atoms with Crippen LogP contribution in [0.5, 0.6) is 0 Å². The van der Waals surface area contributed by atoms with Gasteiger partial charge in [0.15, 0.2) is 0 Å². The fourth-order valence-corrected chi connectivity index (χ4v) is 5.55. The summed E-state index contributed by atoms with van der Waals surface area (Å²) in [6, 6.07) is 14.0. The molecule has 7 heteroatoms. The molecule has 3 rings (SSSR count). The van der Waals surface area contributed by atoms with Gasteiger partial charge in [-0.3, -0.25) is 9.59 Å². The highest BCUT2D eigenvalue weighted by Gasteiger charge is 2.51. The molecule has 0 saturated carbocycles. The van der Waals surface area contributed by atoms with Gasteiger partial charge in [0.1, 0.15) is 6.04 Å². The van der Waals surface area contributed by atoms with Gasteiger partial charge in [-0.05, 0) is 51.5 Å². The number of rotatable bonds is 6. The van der Waals surface area contributed by atoms with Gasteiger partial charge < -0.3 is 0 Å². The zero-order chi connectivity index (χ0) is 21.4. The molecule has 0 aromatic heterocycles. The topological polar surface area (TPSA) is 74.8 Å². The SMILES string of the molecule is CCC(C)(C)N(C1CC(=O)N(c2ccc(C)cc2)C1=O)S(=O)(=O)c1ccccc1. The van der Waals surface area contributed by atoms with E-state index in [1.165, 1.54) is 16.4 Å². The van der Waals surface area contributed by atoms with Crippen LogP contribution in [0.25, 0.3) is 0 Å². The Morgan fingerprint density at radius 3 is 2.17 bits per heavy atom. The quantitative estimate of drug-likeness (QED) is 0.678. The van der Waals surface area contributed by atoms with Gasteiger partial charge in [0, 0.05) is 5.54 Å². The highest BCUT2D eigenvalue weighted by atomic mass is 32.2. The molecule has 1 heterocycles. The van der Waals surface area contributed by atoms with E-state index in [4.69, 9.17) is 0 Å². The number of hydrogen-bond donors (Lipinski definition) is 0. The monoisotopic (exact) mass is 414 g/mol. The van der Waals surface area contributed by atoms with Crippen LogP contribution >= 0.6 is 0 Å². The number of anilines is 1. The molecular formula is C22H26N2O4S. The summed E-state index contributed by atoms with van der Waals surface area (Å²) < 4.78 is 28.2. The number of amides is 2.